The molecule has 0 spiro atoms. The molecule has 0 unspecified atom stereocenters. The van der Waals surface area contributed by atoms with Crippen molar-refractivity contribution in [3.05, 3.63) is 18.1 Å². The van der Waals surface area contributed by atoms with E-state index in [1.54, 1.807) is 0 Å². The first kappa shape index (κ1) is 14.3. The van der Waals surface area contributed by atoms with Crippen LogP contribution in [0.1, 0.15) is 70.5 Å². The van der Waals surface area contributed by atoms with E-state index in [1.165, 1.54) is 38.5 Å². The Hall–Kier alpha value is -1.12. The molecule has 0 aliphatic heterocycles. The van der Waals surface area contributed by atoms with Crippen molar-refractivity contribution in [2.75, 3.05) is 11.9 Å². The lowest BCUT2D eigenvalue weighted by Gasteiger charge is -2.27. The first-order valence-electron chi connectivity index (χ1n) is 7.90. The first-order chi connectivity index (χ1) is 9.33. The van der Waals surface area contributed by atoms with Gasteiger partial charge in [0.05, 0.1) is 0 Å². The highest BCUT2D eigenvalue weighted by Gasteiger charge is 2.23. The van der Waals surface area contributed by atoms with Gasteiger partial charge in [0.2, 0.25) is 0 Å². The monoisotopic (exact) mass is 261 g/mol. The Morgan fingerprint density at radius 2 is 1.95 bits per heavy atom. The zero-order valence-electron chi connectivity index (χ0n) is 12.4. The number of aromatic nitrogens is 2. The standard InChI is InChI=1S/C16H27N3/c1-3-5-13-6-8-14(9-7-13)16-18-12-10-15(19-16)17-11-4-2/h10,12-14H,3-9,11H2,1-2H3,(H,17,18,19). The van der Waals surface area contributed by atoms with Gasteiger partial charge in [-0.15, -0.1) is 0 Å². The van der Waals surface area contributed by atoms with Crippen LogP contribution in [0.5, 0.6) is 0 Å². The minimum atomic E-state index is 0.580. The molecule has 0 aromatic carbocycles. The second-order valence-corrected chi connectivity index (χ2v) is 5.73. The number of rotatable bonds is 6. The van der Waals surface area contributed by atoms with E-state index >= 15 is 0 Å². The molecule has 1 fully saturated rings. The summed E-state index contributed by atoms with van der Waals surface area (Å²) in [5.74, 6) is 3.57. The summed E-state index contributed by atoms with van der Waals surface area (Å²) in [5, 5.41) is 3.35. The van der Waals surface area contributed by atoms with Gasteiger partial charge in [0.25, 0.3) is 0 Å². The van der Waals surface area contributed by atoms with Gasteiger partial charge in [-0.3, -0.25) is 0 Å². The number of nitrogens with zero attached hydrogens (tertiary/aromatic N) is 2. The van der Waals surface area contributed by atoms with Crippen LogP contribution in [-0.4, -0.2) is 16.5 Å². The molecule has 1 aromatic rings. The van der Waals surface area contributed by atoms with Crippen LogP contribution in [0.15, 0.2) is 12.3 Å². The number of anilines is 1. The lowest BCUT2D eigenvalue weighted by Crippen LogP contribution is -2.16. The van der Waals surface area contributed by atoms with E-state index in [9.17, 15) is 0 Å². The third-order valence-corrected chi connectivity index (χ3v) is 4.14. The smallest absolute Gasteiger partial charge is 0.133 e. The fourth-order valence-electron chi connectivity index (χ4n) is 3.04. The molecule has 0 bridgehead atoms. The van der Waals surface area contributed by atoms with Crippen LogP contribution in [0.25, 0.3) is 0 Å². The van der Waals surface area contributed by atoms with Crippen molar-refractivity contribution in [3.8, 4) is 0 Å². The van der Waals surface area contributed by atoms with Gasteiger partial charge in [0.1, 0.15) is 11.6 Å². The summed E-state index contributed by atoms with van der Waals surface area (Å²) in [6.07, 6.45) is 11.0. The molecule has 0 radical (unpaired) electrons. The van der Waals surface area contributed by atoms with Crippen molar-refractivity contribution >= 4 is 5.82 Å². The summed E-state index contributed by atoms with van der Waals surface area (Å²) < 4.78 is 0. The average Bonchev–Trinajstić information content (AvgIpc) is 2.46. The molecule has 2 rings (SSSR count). The predicted molar refractivity (Wildman–Crippen MR) is 80.4 cm³/mol. The molecular formula is C16H27N3. The number of hydrogen-bond acceptors (Lipinski definition) is 3. The summed E-state index contributed by atoms with van der Waals surface area (Å²) in [6, 6.07) is 1.97. The molecule has 0 saturated heterocycles. The van der Waals surface area contributed by atoms with E-state index in [2.05, 4.69) is 29.1 Å². The van der Waals surface area contributed by atoms with Crippen LogP contribution in [0, 0.1) is 5.92 Å². The Kier molecular flexibility index (Phi) is 5.62. The van der Waals surface area contributed by atoms with Crippen molar-refractivity contribution in [2.24, 2.45) is 5.92 Å². The van der Waals surface area contributed by atoms with Gasteiger partial charge in [-0.1, -0.05) is 26.7 Å². The Morgan fingerprint density at radius 1 is 1.16 bits per heavy atom. The zero-order chi connectivity index (χ0) is 13.5. The number of hydrogen-bond donors (Lipinski definition) is 1. The van der Waals surface area contributed by atoms with Crippen molar-refractivity contribution in [2.45, 2.75) is 64.7 Å². The molecule has 1 aliphatic rings. The van der Waals surface area contributed by atoms with E-state index in [4.69, 9.17) is 0 Å². The van der Waals surface area contributed by atoms with Crippen molar-refractivity contribution in [3.63, 3.8) is 0 Å². The van der Waals surface area contributed by atoms with Gasteiger partial charge < -0.3 is 5.32 Å². The maximum absolute atomic E-state index is 4.68. The Morgan fingerprint density at radius 3 is 2.63 bits per heavy atom. The van der Waals surface area contributed by atoms with E-state index < -0.39 is 0 Å². The molecule has 3 heteroatoms. The molecule has 0 atom stereocenters. The molecular weight excluding hydrogens is 234 g/mol. The van der Waals surface area contributed by atoms with Gasteiger partial charge in [0, 0.05) is 18.7 Å². The third-order valence-electron chi connectivity index (χ3n) is 4.14. The van der Waals surface area contributed by atoms with Crippen LogP contribution < -0.4 is 5.32 Å². The number of nitrogens with one attached hydrogen (secondary N) is 1. The second kappa shape index (κ2) is 7.46. The normalized spacial score (nSPS) is 23.3. The lowest BCUT2D eigenvalue weighted by atomic mass is 9.80. The summed E-state index contributed by atoms with van der Waals surface area (Å²) in [7, 11) is 0. The Bertz CT molecular complexity index is 370. The average molecular weight is 261 g/mol. The second-order valence-electron chi connectivity index (χ2n) is 5.73. The third kappa shape index (κ3) is 4.19. The molecule has 106 valence electrons. The minimum absolute atomic E-state index is 0.580. The van der Waals surface area contributed by atoms with E-state index in [-0.39, 0.29) is 0 Å². The highest BCUT2D eigenvalue weighted by Crippen LogP contribution is 2.36. The van der Waals surface area contributed by atoms with Gasteiger partial charge in [-0.2, -0.15) is 0 Å². The molecule has 19 heavy (non-hydrogen) atoms. The van der Waals surface area contributed by atoms with Crippen LogP contribution in [-0.2, 0) is 0 Å². The predicted octanol–water partition coefficient (Wildman–Crippen LogP) is 4.37. The van der Waals surface area contributed by atoms with Gasteiger partial charge in [-0.25, -0.2) is 9.97 Å². The largest absolute Gasteiger partial charge is 0.370 e. The molecule has 1 aliphatic carbocycles. The van der Waals surface area contributed by atoms with Crippen LogP contribution >= 0.6 is 0 Å². The summed E-state index contributed by atoms with van der Waals surface area (Å²) in [6.45, 7) is 5.45. The Balaban J connectivity index is 1.91. The molecule has 1 heterocycles. The fourth-order valence-corrected chi connectivity index (χ4v) is 3.04. The molecule has 1 N–H and O–H groups in total. The van der Waals surface area contributed by atoms with Gasteiger partial charge in [0.15, 0.2) is 0 Å². The minimum Gasteiger partial charge on any atom is -0.370 e. The van der Waals surface area contributed by atoms with Crippen LogP contribution in [0.2, 0.25) is 0 Å². The maximum Gasteiger partial charge on any atom is 0.133 e. The van der Waals surface area contributed by atoms with Crippen LogP contribution in [0.3, 0.4) is 0 Å². The molecule has 3 nitrogen and oxygen atoms in total. The SMILES string of the molecule is CCCNc1ccnc(C2CCC(CCC)CC2)n1. The van der Waals surface area contributed by atoms with E-state index in [1.807, 2.05) is 12.3 Å². The van der Waals surface area contributed by atoms with E-state index in [0.29, 0.717) is 5.92 Å². The quantitative estimate of drug-likeness (QED) is 0.826. The zero-order valence-corrected chi connectivity index (χ0v) is 12.4. The molecule has 1 aromatic heterocycles. The van der Waals surface area contributed by atoms with Crippen molar-refractivity contribution in [1.29, 1.82) is 0 Å². The van der Waals surface area contributed by atoms with Gasteiger partial charge >= 0.3 is 0 Å². The summed E-state index contributed by atoms with van der Waals surface area (Å²) in [4.78, 5) is 9.17. The topological polar surface area (TPSA) is 37.8 Å². The Labute approximate surface area is 117 Å². The maximum atomic E-state index is 4.68. The van der Waals surface area contributed by atoms with Gasteiger partial charge in [-0.05, 0) is 44.1 Å². The molecule has 1 saturated carbocycles. The lowest BCUT2D eigenvalue weighted by molar-refractivity contribution is 0.302. The fraction of sp³-hybridized carbons (Fsp3) is 0.750. The van der Waals surface area contributed by atoms with Crippen molar-refractivity contribution < 1.29 is 0 Å². The first-order valence-corrected chi connectivity index (χ1v) is 7.90. The molecule has 0 amide bonds. The summed E-state index contributed by atoms with van der Waals surface area (Å²) >= 11 is 0. The van der Waals surface area contributed by atoms with Crippen molar-refractivity contribution in [1.82, 2.24) is 9.97 Å². The highest BCUT2D eigenvalue weighted by atomic mass is 15.0. The van der Waals surface area contributed by atoms with Crippen LogP contribution in [0.4, 0.5) is 5.82 Å². The van der Waals surface area contributed by atoms with E-state index in [0.717, 1.165) is 30.5 Å². The summed E-state index contributed by atoms with van der Waals surface area (Å²) in [5.41, 5.74) is 0. The highest BCUT2D eigenvalue weighted by molar-refractivity contribution is 5.33.